The first-order valence-electron chi connectivity index (χ1n) is 14.8. The summed E-state index contributed by atoms with van der Waals surface area (Å²) in [6, 6.07) is 22.6. The lowest BCUT2D eigenvalue weighted by Crippen LogP contribution is -2.47. The molecule has 42 heavy (non-hydrogen) atoms. The summed E-state index contributed by atoms with van der Waals surface area (Å²) in [4.78, 5) is 44.9. The SMILES string of the molecule is CCCCC(=O)N1CC=C(c2ccc(C(=O)N3c4ccccc4[C@H](N(C(C)=O)c4ccc(Cl)cc4)C[C@@H]3C)cc2)CC1. The molecule has 6 nitrogen and oxygen atoms in total. The Morgan fingerprint density at radius 3 is 2.33 bits per heavy atom. The van der Waals surface area contributed by atoms with Gasteiger partial charge in [-0.05, 0) is 85.4 Å². The van der Waals surface area contributed by atoms with E-state index in [9.17, 15) is 14.4 Å². The van der Waals surface area contributed by atoms with E-state index in [1.54, 1.807) is 24.0 Å². The number of nitrogens with zero attached hydrogens (tertiary/aromatic N) is 3. The largest absolute Gasteiger partial charge is 0.339 e. The monoisotopic (exact) mass is 583 g/mol. The van der Waals surface area contributed by atoms with Crippen molar-refractivity contribution in [3.8, 4) is 0 Å². The van der Waals surface area contributed by atoms with Crippen LogP contribution in [0.3, 0.4) is 0 Å². The van der Waals surface area contributed by atoms with E-state index in [1.165, 1.54) is 5.57 Å². The summed E-state index contributed by atoms with van der Waals surface area (Å²) in [6.45, 7) is 7.07. The molecule has 0 aromatic heterocycles. The molecule has 0 saturated carbocycles. The van der Waals surface area contributed by atoms with Gasteiger partial charge in [-0.15, -0.1) is 0 Å². The highest BCUT2D eigenvalue weighted by molar-refractivity contribution is 6.30. The van der Waals surface area contributed by atoms with Crippen LogP contribution in [0.4, 0.5) is 11.4 Å². The van der Waals surface area contributed by atoms with Crippen LogP contribution in [0.5, 0.6) is 0 Å². The molecule has 0 aliphatic carbocycles. The summed E-state index contributed by atoms with van der Waals surface area (Å²) in [5.41, 5.74) is 5.45. The molecule has 3 aromatic rings. The zero-order valence-corrected chi connectivity index (χ0v) is 25.3. The van der Waals surface area contributed by atoms with Gasteiger partial charge in [-0.2, -0.15) is 0 Å². The summed E-state index contributed by atoms with van der Waals surface area (Å²) in [5.74, 6) is 0.0992. The number of halogens is 1. The van der Waals surface area contributed by atoms with Gasteiger partial charge in [0.05, 0.1) is 6.04 Å². The van der Waals surface area contributed by atoms with E-state index < -0.39 is 0 Å². The molecule has 0 saturated heterocycles. The Balaban J connectivity index is 1.36. The Kier molecular flexibility index (Phi) is 9.12. The molecular formula is C35H38ClN3O3. The lowest BCUT2D eigenvalue weighted by Gasteiger charge is -2.43. The topological polar surface area (TPSA) is 60.9 Å². The van der Waals surface area contributed by atoms with Gasteiger partial charge < -0.3 is 14.7 Å². The van der Waals surface area contributed by atoms with Gasteiger partial charge in [0, 0.05) is 54.4 Å². The van der Waals surface area contributed by atoms with Crippen LogP contribution in [0.2, 0.25) is 5.02 Å². The third-order valence-corrected chi connectivity index (χ3v) is 8.60. The molecule has 2 aliphatic heterocycles. The number of anilines is 2. The van der Waals surface area contributed by atoms with Gasteiger partial charge in [0.25, 0.3) is 5.91 Å². The molecule has 7 heteroatoms. The van der Waals surface area contributed by atoms with Gasteiger partial charge in [0.1, 0.15) is 0 Å². The molecule has 0 unspecified atom stereocenters. The number of hydrogen-bond acceptors (Lipinski definition) is 3. The molecule has 3 aromatic carbocycles. The van der Waals surface area contributed by atoms with Crippen LogP contribution in [0.1, 0.15) is 80.4 Å². The molecule has 2 aliphatic rings. The lowest BCUT2D eigenvalue weighted by atomic mass is 9.89. The number of benzene rings is 3. The van der Waals surface area contributed by atoms with E-state index in [1.807, 2.05) is 77.4 Å². The molecule has 218 valence electrons. The van der Waals surface area contributed by atoms with Crippen molar-refractivity contribution in [3.63, 3.8) is 0 Å². The summed E-state index contributed by atoms with van der Waals surface area (Å²) < 4.78 is 0. The first-order valence-corrected chi connectivity index (χ1v) is 15.2. The third-order valence-electron chi connectivity index (χ3n) is 8.34. The third kappa shape index (κ3) is 6.14. The summed E-state index contributed by atoms with van der Waals surface area (Å²) in [5, 5.41) is 0.613. The number of hydrogen-bond donors (Lipinski definition) is 0. The lowest BCUT2D eigenvalue weighted by molar-refractivity contribution is -0.130. The molecule has 0 radical (unpaired) electrons. The summed E-state index contributed by atoms with van der Waals surface area (Å²) in [7, 11) is 0. The number of para-hydroxylation sites is 1. The number of unbranched alkanes of at least 4 members (excludes halogenated alkanes) is 1. The van der Waals surface area contributed by atoms with Crippen LogP contribution >= 0.6 is 11.6 Å². The van der Waals surface area contributed by atoms with Crippen molar-refractivity contribution in [1.29, 1.82) is 0 Å². The minimum Gasteiger partial charge on any atom is -0.339 e. The second-order valence-corrected chi connectivity index (χ2v) is 11.6. The van der Waals surface area contributed by atoms with Gasteiger partial charge in [-0.3, -0.25) is 14.4 Å². The average molecular weight is 584 g/mol. The van der Waals surface area contributed by atoms with Crippen LogP contribution in [0, 0.1) is 0 Å². The minimum absolute atomic E-state index is 0.0638. The van der Waals surface area contributed by atoms with Crippen molar-refractivity contribution in [2.45, 2.75) is 65.0 Å². The molecule has 2 atom stereocenters. The Morgan fingerprint density at radius 1 is 0.976 bits per heavy atom. The first-order chi connectivity index (χ1) is 20.3. The van der Waals surface area contributed by atoms with Crippen molar-refractivity contribution in [2.75, 3.05) is 22.9 Å². The highest BCUT2D eigenvalue weighted by atomic mass is 35.5. The Hall–Kier alpha value is -3.90. The predicted octanol–water partition coefficient (Wildman–Crippen LogP) is 7.68. The van der Waals surface area contributed by atoms with E-state index in [4.69, 9.17) is 11.6 Å². The summed E-state index contributed by atoms with van der Waals surface area (Å²) in [6.07, 6.45) is 6.11. The molecule has 0 fully saturated rings. The van der Waals surface area contributed by atoms with Crippen LogP contribution in [-0.2, 0) is 9.59 Å². The van der Waals surface area contributed by atoms with E-state index in [0.717, 1.165) is 48.3 Å². The van der Waals surface area contributed by atoms with Gasteiger partial charge >= 0.3 is 0 Å². The van der Waals surface area contributed by atoms with Crippen molar-refractivity contribution in [2.24, 2.45) is 0 Å². The molecule has 2 heterocycles. The second kappa shape index (κ2) is 13.0. The maximum Gasteiger partial charge on any atom is 0.258 e. The van der Waals surface area contributed by atoms with E-state index in [0.29, 0.717) is 30.0 Å². The van der Waals surface area contributed by atoms with E-state index in [2.05, 4.69) is 13.0 Å². The quantitative estimate of drug-likeness (QED) is 0.286. The zero-order valence-electron chi connectivity index (χ0n) is 24.6. The molecule has 3 amide bonds. The number of rotatable bonds is 7. The molecule has 5 rings (SSSR count). The van der Waals surface area contributed by atoms with Crippen LogP contribution in [0.15, 0.2) is 78.9 Å². The van der Waals surface area contributed by atoms with Crippen molar-refractivity contribution in [1.82, 2.24) is 4.90 Å². The number of carbonyl (C=O) groups is 3. The van der Waals surface area contributed by atoms with Crippen molar-refractivity contribution < 1.29 is 14.4 Å². The average Bonchev–Trinajstić information content (AvgIpc) is 3.00. The fourth-order valence-corrected chi connectivity index (χ4v) is 6.25. The maximum absolute atomic E-state index is 14.0. The Bertz CT molecular complexity index is 1480. The van der Waals surface area contributed by atoms with Crippen LogP contribution < -0.4 is 9.80 Å². The number of fused-ring (bicyclic) bond motifs is 1. The molecule has 0 N–H and O–H groups in total. The van der Waals surface area contributed by atoms with Crippen molar-refractivity contribution in [3.05, 3.63) is 101 Å². The highest BCUT2D eigenvalue weighted by Gasteiger charge is 2.38. The first kappa shape index (κ1) is 29.6. The van der Waals surface area contributed by atoms with Gasteiger partial charge in [-0.1, -0.05) is 61.4 Å². The predicted molar refractivity (Wildman–Crippen MR) is 170 cm³/mol. The molecule has 0 bridgehead atoms. The Labute approximate surface area is 253 Å². The fourth-order valence-electron chi connectivity index (χ4n) is 6.13. The van der Waals surface area contributed by atoms with Gasteiger partial charge in [0.15, 0.2) is 0 Å². The Morgan fingerprint density at radius 2 is 1.69 bits per heavy atom. The van der Waals surface area contributed by atoms with Gasteiger partial charge in [0.2, 0.25) is 11.8 Å². The van der Waals surface area contributed by atoms with Gasteiger partial charge in [-0.25, -0.2) is 0 Å². The molecular weight excluding hydrogens is 546 g/mol. The second-order valence-electron chi connectivity index (χ2n) is 11.2. The normalized spacial score (nSPS) is 18.2. The molecule has 0 spiro atoms. The number of amides is 3. The summed E-state index contributed by atoms with van der Waals surface area (Å²) >= 11 is 6.12. The smallest absolute Gasteiger partial charge is 0.258 e. The minimum atomic E-state index is -0.215. The fraction of sp³-hybridized carbons (Fsp3) is 0.343. The standard InChI is InChI=1S/C35H38ClN3O3/c1-4-5-10-34(41)37-21-19-27(20-22-37)26-11-13-28(14-12-26)35(42)38-24(2)23-33(31-8-6-7-9-32(31)38)39(25(3)40)30-17-15-29(36)16-18-30/h6-9,11-19,24,33H,4-5,10,20-23H2,1-3H3/t24-,33+/m0/s1. The van der Waals surface area contributed by atoms with Crippen LogP contribution in [-0.4, -0.2) is 41.8 Å². The van der Waals surface area contributed by atoms with Crippen LogP contribution in [0.25, 0.3) is 5.57 Å². The van der Waals surface area contributed by atoms with Crippen molar-refractivity contribution >= 4 is 46.3 Å². The number of carbonyl (C=O) groups excluding carboxylic acids is 3. The van der Waals surface area contributed by atoms with E-state index in [-0.39, 0.29) is 29.8 Å². The van der Waals surface area contributed by atoms with E-state index >= 15 is 0 Å². The zero-order chi connectivity index (χ0) is 29.8. The highest BCUT2D eigenvalue weighted by Crippen LogP contribution is 2.43. The maximum atomic E-state index is 14.0.